The molecule has 0 bridgehead atoms. The molecule has 0 aromatic heterocycles. The van der Waals surface area contributed by atoms with E-state index in [1.807, 2.05) is 0 Å². The van der Waals surface area contributed by atoms with Gasteiger partial charge in [-0.3, -0.25) is 23.7 Å². The van der Waals surface area contributed by atoms with Gasteiger partial charge in [0.25, 0.3) is 5.69 Å². The lowest BCUT2D eigenvalue weighted by molar-refractivity contribution is -0.386. The van der Waals surface area contributed by atoms with E-state index in [9.17, 15) is 19.2 Å². The molecule has 1 aromatic carbocycles. The van der Waals surface area contributed by atoms with Crippen LogP contribution < -0.4 is 0 Å². The van der Waals surface area contributed by atoms with Crippen LogP contribution in [0.25, 0.3) is 0 Å². The number of nitrogens with zero attached hydrogens (tertiary/aromatic N) is 1. The van der Waals surface area contributed by atoms with E-state index in [1.54, 1.807) is 0 Å². The average Bonchev–Trinajstić information content (AvgIpc) is 2.44. The van der Waals surface area contributed by atoms with E-state index >= 15 is 0 Å². The minimum Gasteiger partial charge on any atom is -0.303 e. The van der Waals surface area contributed by atoms with Crippen molar-refractivity contribution in [3.63, 3.8) is 0 Å². The third-order valence-corrected chi connectivity index (χ3v) is 4.11. The minimum absolute atomic E-state index is 0.102. The van der Waals surface area contributed by atoms with Gasteiger partial charge in [0, 0.05) is 19.6 Å². The molecule has 2 unspecified atom stereocenters. The van der Waals surface area contributed by atoms with Gasteiger partial charge in [-0.25, -0.2) is 9.13 Å². The van der Waals surface area contributed by atoms with Crippen molar-refractivity contribution in [2.75, 3.05) is 13.7 Å². The molecule has 0 aliphatic rings. The second kappa shape index (κ2) is 8.09. The summed E-state index contributed by atoms with van der Waals surface area (Å²) in [5.74, 6) is 0. The summed E-state index contributed by atoms with van der Waals surface area (Å²) in [4.78, 5) is 37.2. The van der Waals surface area contributed by atoms with Gasteiger partial charge in [0.1, 0.15) is 6.10 Å². The SMILES string of the molecule is COP(=O)(O)OCCC(OP(=O)(O)O)c1ccccc1[N+](=O)[O-]. The van der Waals surface area contributed by atoms with Crippen LogP contribution in [0.15, 0.2) is 24.3 Å². The van der Waals surface area contributed by atoms with Crippen LogP contribution >= 0.6 is 15.6 Å². The monoisotopic (exact) mass is 371 g/mol. The summed E-state index contributed by atoms with van der Waals surface area (Å²) in [6.07, 6.45) is -1.75. The number of phosphoric acid groups is 2. The zero-order valence-electron chi connectivity index (χ0n) is 11.8. The summed E-state index contributed by atoms with van der Waals surface area (Å²) in [6.45, 7) is -0.488. The maximum Gasteiger partial charge on any atom is 0.471 e. The van der Waals surface area contributed by atoms with Crippen molar-refractivity contribution in [3.05, 3.63) is 39.9 Å². The topological polar surface area (TPSA) is 166 Å². The molecule has 0 aliphatic heterocycles. The summed E-state index contributed by atoms with van der Waals surface area (Å²) in [5.41, 5.74) is -0.514. The maximum atomic E-state index is 11.2. The highest BCUT2D eigenvalue weighted by atomic mass is 31.2. The highest BCUT2D eigenvalue weighted by Crippen LogP contribution is 2.47. The fourth-order valence-electron chi connectivity index (χ4n) is 1.68. The van der Waals surface area contributed by atoms with Crippen molar-refractivity contribution in [1.29, 1.82) is 0 Å². The number of phosphoric ester groups is 2. The number of benzene rings is 1. The van der Waals surface area contributed by atoms with E-state index < -0.39 is 39.0 Å². The van der Waals surface area contributed by atoms with Crippen molar-refractivity contribution in [3.8, 4) is 0 Å². The van der Waals surface area contributed by atoms with E-state index in [0.717, 1.165) is 13.2 Å². The predicted molar refractivity (Wildman–Crippen MR) is 76.4 cm³/mol. The van der Waals surface area contributed by atoms with Crippen LogP contribution in [0.3, 0.4) is 0 Å². The Hall–Kier alpha value is -1.16. The first-order valence-electron chi connectivity index (χ1n) is 6.06. The molecule has 1 rings (SSSR count). The van der Waals surface area contributed by atoms with E-state index in [4.69, 9.17) is 14.7 Å². The van der Waals surface area contributed by atoms with E-state index in [1.165, 1.54) is 18.2 Å². The Morgan fingerprint density at radius 3 is 2.39 bits per heavy atom. The van der Waals surface area contributed by atoms with Gasteiger partial charge in [-0.1, -0.05) is 12.1 Å². The van der Waals surface area contributed by atoms with Gasteiger partial charge in [0.05, 0.1) is 17.1 Å². The van der Waals surface area contributed by atoms with Crippen molar-refractivity contribution in [2.24, 2.45) is 0 Å². The average molecular weight is 371 g/mol. The number of rotatable bonds is 9. The molecule has 0 aliphatic carbocycles. The van der Waals surface area contributed by atoms with E-state index in [2.05, 4.69) is 13.6 Å². The summed E-state index contributed by atoms with van der Waals surface area (Å²) in [5, 5.41) is 11.0. The van der Waals surface area contributed by atoms with Crippen LogP contribution in [-0.2, 0) is 22.7 Å². The number of hydrogen-bond donors (Lipinski definition) is 3. The molecule has 23 heavy (non-hydrogen) atoms. The fraction of sp³-hybridized carbons (Fsp3) is 0.400. The number of hydrogen-bond acceptors (Lipinski definition) is 7. The van der Waals surface area contributed by atoms with E-state index in [0.29, 0.717) is 0 Å². The zero-order chi connectivity index (χ0) is 17.7. The lowest BCUT2D eigenvalue weighted by atomic mass is 10.1. The predicted octanol–water partition coefficient (Wildman–Crippen LogP) is 1.90. The van der Waals surface area contributed by atoms with Crippen molar-refractivity contribution in [2.45, 2.75) is 12.5 Å². The van der Waals surface area contributed by atoms with Gasteiger partial charge < -0.3 is 14.7 Å². The van der Waals surface area contributed by atoms with E-state index in [-0.39, 0.29) is 12.0 Å². The van der Waals surface area contributed by atoms with Crippen LogP contribution in [0.1, 0.15) is 18.1 Å². The Bertz CT molecular complexity index is 644. The summed E-state index contributed by atoms with van der Waals surface area (Å²) in [6, 6.07) is 5.19. The van der Waals surface area contributed by atoms with Crippen LogP contribution in [-0.4, -0.2) is 33.3 Å². The first-order valence-corrected chi connectivity index (χ1v) is 9.08. The van der Waals surface area contributed by atoms with Crippen molar-refractivity contribution in [1.82, 2.24) is 0 Å². The fourth-order valence-corrected chi connectivity index (χ4v) is 2.68. The number of para-hydroxylation sites is 1. The lowest BCUT2D eigenvalue weighted by Gasteiger charge is -2.19. The van der Waals surface area contributed by atoms with Gasteiger partial charge in [0.2, 0.25) is 0 Å². The maximum absolute atomic E-state index is 11.2. The molecule has 0 spiro atoms. The molecular weight excluding hydrogens is 356 g/mol. The number of nitro benzene ring substituents is 1. The van der Waals surface area contributed by atoms with Gasteiger partial charge in [-0.15, -0.1) is 0 Å². The summed E-state index contributed by atoms with van der Waals surface area (Å²) < 4.78 is 35.5. The molecule has 2 atom stereocenters. The first-order chi connectivity index (χ1) is 10.6. The second-order valence-corrected chi connectivity index (χ2v) is 6.93. The Morgan fingerprint density at radius 2 is 1.87 bits per heavy atom. The summed E-state index contributed by atoms with van der Waals surface area (Å²) >= 11 is 0. The Balaban J connectivity index is 3.00. The molecule has 0 amide bonds. The molecule has 0 fully saturated rings. The molecule has 0 radical (unpaired) electrons. The van der Waals surface area contributed by atoms with Gasteiger partial charge in [0.15, 0.2) is 0 Å². The Morgan fingerprint density at radius 1 is 1.26 bits per heavy atom. The van der Waals surface area contributed by atoms with Crippen LogP contribution in [0.2, 0.25) is 0 Å². The normalized spacial score (nSPS) is 15.8. The highest BCUT2D eigenvalue weighted by molar-refractivity contribution is 7.47. The lowest BCUT2D eigenvalue weighted by Crippen LogP contribution is -2.09. The Kier molecular flexibility index (Phi) is 7.00. The third kappa shape index (κ3) is 6.86. The largest absolute Gasteiger partial charge is 0.471 e. The van der Waals surface area contributed by atoms with Crippen LogP contribution in [0.5, 0.6) is 0 Å². The molecule has 0 saturated heterocycles. The number of nitro groups is 1. The van der Waals surface area contributed by atoms with Crippen molar-refractivity contribution >= 4 is 21.3 Å². The molecule has 0 heterocycles. The zero-order valence-corrected chi connectivity index (χ0v) is 13.6. The quantitative estimate of drug-likeness (QED) is 0.331. The molecule has 130 valence electrons. The molecule has 11 nitrogen and oxygen atoms in total. The molecule has 0 saturated carbocycles. The molecular formula is C10H15NO10P2. The third-order valence-electron chi connectivity index (χ3n) is 2.61. The summed E-state index contributed by atoms with van der Waals surface area (Å²) in [7, 11) is -8.32. The molecule has 1 aromatic rings. The first kappa shape index (κ1) is 19.9. The van der Waals surface area contributed by atoms with Gasteiger partial charge in [-0.05, 0) is 6.07 Å². The van der Waals surface area contributed by atoms with Crippen LogP contribution in [0.4, 0.5) is 5.69 Å². The smallest absolute Gasteiger partial charge is 0.303 e. The van der Waals surface area contributed by atoms with Gasteiger partial charge in [-0.2, -0.15) is 0 Å². The molecule has 3 N–H and O–H groups in total. The second-order valence-electron chi connectivity index (χ2n) is 4.17. The Labute approximate surface area is 130 Å². The minimum atomic E-state index is -4.97. The van der Waals surface area contributed by atoms with Crippen molar-refractivity contribution < 1.29 is 42.3 Å². The standard InChI is InChI=1S/C10H15NO10P2/c1-19-23(17,18)20-7-6-10(21-22(14,15)16)8-4-2-3-5-9(8)11(12)13/h2-5,10H,6-7H2,1H3,(H,17,18)(H2,14,15,16). The highest BCUT2D eigenvalue weighted by Gasteiger charge is 2.30. The van der Waals surface area contributed by atoms with Gasteiger partial charge >= 0.3 is 15.6 Å². The molecule has 13 heteroatoms. The van der Waals surface area contributed by atoms with Crippen LogP contribution in [0, 0.1) is 10.1 Å².